The zero-order chi connectivity index (χ0) is 10.6. The molecule has 0 radical (unpaired) electrons. The topological polar surface area (TPSA) is 74.6 Å². The second-order valence-corrected chi connectivity index (χ2v) is 3.94. The van der Waals surface area contributed by atoms with Crippen LogP contribution < -0.4 is 0 Å². The Morgan fingerprint density at radius 3 is 2.14 bits per heavy atom. The average molecular weight is 200 g/mol. The molecular formula is C10H16O4. The fourth-order valence-electron chi connectivity index (χ4n) is 2.18. The predicted molar refractivity (Wildman–Crippen MR) is 50.0 cm³/mol. The third-order valence-electron chi connectivity index (χ3n) is 2.93. The molecule has 0 aromatic rings. The maximum Gasteiger partial charge on any atom is 0.307 e. The summed E-state index contributed by atoms with van der Waals surface area (Å²) in [6, 6.07) is 0. The first-order valence-corrected chi connectivity index (χ1v) is 5.06. The van der Waals surface area contributed by atoms with Crippen molar-refractivity contribution in [1.82, 2.24) is 0 Å². The first-order valence-electron chi connectivity index (χ1n) is 5.06. The van der Waals surface area contributed by atoms with Crippen LogP contribution in [-0.4, -0.2) is 22.2 Å². The van der Waals surface area contributed by atoms with Crippen molar-refractivity contribution in [2.45, 2.75) is 38.5 Å². The Morgan fingerprint density at radius 1 is 1.14 bits per heavy atom. The minimum Gasteiger partial charge on any atom is -0.481 e. The highest BCUT2D eigenvalue weighted by Crippen LogP contribution is 2.31. The molecule has 0 aliphatic heterocycles. The van der Waals surface area contributed by atoms with Crippen LogP contribution >= 0.6 is 0 Å². The summed E-state index contributed by atoms with van der Waals surface area (Å²) < 4.78 is 0. The Labute approximate surface area is 82.9 Å². The third kappa shape index (κ3) is 3.01. The number of carbonyl (C=O) groups is 2. The third-order valence-corrected chi connectivity index (χ3v) is 2.93. The van der Waals surface area contributed by atoms with Crippen LogP contribution in [0.25, 0.3) is 0 Å². The molecule has 80 valence electrons. The Morgan fingerprint density at radius 2 is 1.71 bits per heavy atom. The minimum atomic E-state index is -1.01. The van der Waals surface area contributed by atoms with Crippen molar-refractivity contribution in [2.24, 2.45) is 11.8 Å². The molecule has 0 spiro atoms. The van der Waals surface area contributed by atoms with Gasteiger partial charge in [0.2, 0.25) is 0 Å². The number of carboxylic acids is 2. The number of aliphatic carboxylic acids is 2. The molecular weight excluding hydrogens is 184 g/mol. The fraction of sp³-hybridized carbons (Fsp3) is 0.800. The lowest BCUT2D eigenvalue weighted by molar-refractivity contribution is -0.150. The summed E-state index contributed by atoms with van der Waals surface area (Å²) in [6.45, 7) is 0. The number of hydrogen-bond acceptors (Lipinski definition) is 2. The van der Waals surface area contributed by atoms with Crippen molar-refractivity contribution in [3.05, 3.63) is 0 Å². The molecule has 0 unspecified atom stereocenters. The zero-order valence-corrected chi connectivity index (χ0v) is 8.11. The SMILES string of the molecule is O=C(O)C[C@H](C(=O)O)C1CCCCC1. The number of rotatable bonds is 4. The van der Waals surface area contributed by atoms with Crippen molar-refractivity contribution in [2.75, 3.05) is 0 Å². The Kier molecular flexibility index (Phi) is 3.92. The van der Waals surface area contributed by atoms with Gasteiger partial charge in [0.25, 0.3) is 0 Å². The quantitative estimate of drug-likeness (QED) is 0.724. The molecule has 4 heteroatoms. The van der Waals surface area contributed by atoms with E-state index in [-0.39, 0.29) is 12.3 Å². The van der Waals surface area contributed by atoms with Crippen molar-refractivity contribution in [3.63, 3.8) is 0 Å². The molecule has 0 amide bonds. The number of hydrogen-bond donors (Lipinski definition) is 2. The van der Waals surface area contributed by atoms with Gasteiger partial charge in [0, 0.05) is 0 Å². The van der Waals surface area contributed by atoms with Crippen molar-refractivity contribution in [3.8, 4) is 0 Å². The van der Waals surface area contributed by atoms with Crippen molar-refractivity contribution < 1.29 is 19.8 Å². The van der Waals surface area contributed by atoms with Crippen LogP contribution in [0.15, 0.2) is 0 Å². The van der Waals surface area contributed by atoms with Crippen molar-refractivity contribution in [1.29, 1.82) is 0 Å². The molecule has 2 N–H and O–H groups in total. The zero-order valence-electron chi connectivity index (χ0n) is 8.11. The standard InChI is InChI=1S/C10H16O4/c11-9(12)6-8(10(13)14)7-4-2-1-3-5-7/h7-8H,1-6H2,(H,11,12)(H,13,14)/t8-/m0/s1. The molecule has 1 aliphatic rings. The first-order chi connectivity index (χ1) is 6.61. The smallest absolute Gasteiger partial charge is 0.307 e. The highest BCUT2D eigenvalue weighted by molar-refractivity contribution is 5.77. The normalized spacial score (nSPS) is 20.3. The van der Waals surface area contributed by atoms with Crippen LogP contribution in [0.4, 0.5) is 0 Å². The highest BCUT2D eigenvalue weighted by atomic mass is 16.4. The van der Waals surface area contributed by atoms with E-state index in [9.17, 15) is 9.59 Å². The Bertz CT molecular complexity index is 218. The van der Waals surface area contributed by atoms with Crippen LogP contribution in [0.3, 0.4) is 0 Å². The van der Waals surface area contributed by atoms with Gasteiger partial charge in [0.1, 0.15) is 0 Å². The molecule has 1 fully saturated rings. The maximum atomic E-state index is 10.9. The van der Waals surface area contributed by atoms with E-state index in [0.717, 1.165) is 32.1 Å². The van der Waals surface area contributed by atoms with E-state index in [0.29, 0.717) is 0 Å². The van der Waals surface area contributed by atoms with Gasteiger partial charge < -0.3 is 10.2 Å². The number of carboxylic acid groups (broad SMARTS) is 2. The van der Waals surface area contributed by atoms with E-state index in [2.05, 4.69) is 0 Å². The van der Waals surface area contributed by atoms with Gasteiger partial charge in [-0.3, -0.25) is 9.59 Å². The molecule has 0 aromatic carbocycles. The van der Waals surface area contributed by atoms with Gasteiger partial charge in [-0.2, -0.15) is 0 Å². The summed E-state index contributed by atoms with van der Waals surface area (Å²) >= 11 is 0. The maximum absolute atomic E-state index is 10.9. The Hall–Kier alpha value is -1.06. The van der Waals surface area contributed by atoms with Gasteiger partial charge in [-0.05, 0) is 18.8 Å². The van der Waals surface area contributed by atoms with E-state index in [1.165, 1.54) is 0 Å². The van der Waals surface area contributed by atoms with Crippen molar-refractivity contribution >= 4 is 11.9 Å². The Balaban J connectivity index is 2.56. The molecule has 0 saturated heterocycles. The van der Waals surface area contributed by atoms with Gasteiger partial charge in [-0.1, -0.05) is 19.3 Å². The molecule has 0 heterocycles. The van der Waals surface area contributed by atoms with Gasteiger partial charge in [-0.25, -0.2) is 0 Å². The average Bonchev–Trinajstić information content (AvgIpc) is 2.15. The second kappa shape index (κ2) is 4.98. The van der Waals surface area contributed by atoms with Gasteiger partial charge in [0.05, 0.1) is 12.3 Å². The fourth-order valence-corrected chi connectivity index (χ4v) is 2.18. The van der Waals surface area contributed by atoms with Crippen LogP contribution in [0.5, 0.6) is 0 Å². The van der Waals surface area contributed by atoms with E-state index >= 15 is 0 Å². The summed E-state index contributed by atoms with van der Waals surface area (Å²) in [7, 11) is 0. The highest BCUT2D eigenvalue weighted by Gasteiger charge is 2.30. The lowest BCUT2D eigenvalue weighted by atomic mass is 9.78. The predicted octanol–water partition coefficient (Wildman–Crippen LogP) is 1.74. The van der Waals surface area contributed by atoms with E-state index in [1.807, 2.05) is 0 Å². The van der Waals surface area contributed by atoms with E-state index in [1.54, 1.807) is 0 Å². The summed E-state index contributed by atoms with van der Waals surface area (Å²) in [6.07, 6.45) is 4.71. The van der Waals surface area contributed by atoms with E-state index < -0.39 is 17.9 Å². The second-order valence-electron chi connectivity index (χ2n) is 3.94. The summed E-state index contributed by atoms with van der Waals surface area (Å²) in [5, 5.41) is 17.5. The molecule has 0 bridgehead atoms. The van der Waals surface area contributed by atoms with Crippen LogP contribution in [0.2, 0.25) is 0 Å². The van der Waals surface area contributed by atoms with Crippen LogP contribution in [-0.2, 0) is 9.59 Å². The first kappa shape index (κ1) is 11.0. The van der Waals surface area contributed by atoms with E-state index in [4.69, 9.17) is 10.2 Å². The molecule has 1 aliphatic carbocycles. The minimum absolute atomic E-state index is 0.0670. The summed E-state index contributed by atoms with van der Waals surface area (Å²) in [5.74, 6) is -2.59. The molecule has 4 nitrogen and oxygen atoms in total. The summed E-state index contributed by atoms with van der Waals surface area (Å²) in [5.41, 5.74) is 0. The van der Waals surface area contributed by atoms with Gasteiger partial charge >= 0.3 is 11.9 Å². The molecule has 1 rings (SSSR count). The lowest BCUT2D eigenvalue weighted by Gasteiger charge is -2.26. The van der Waals surface area contributed by atoms with Gasteiger partial charge in [0.15, 0.2) is 0 Å². The molecule has 0 aromatic heterocycles. The van der Waals surface area contributed by atoms with Gasteiger partial charge in [-0.15, -0.1) is 0 Å². The molecule has 1 atom stereocenters. The summed E-state index contributed by atoms with van der Waals surface area (Å²) in [4.78, 5) is 21.4. The van der Waals surface area contributed by atoms with Crippen LogP contribution in [0.1, 0.15) is 38.5 Å². The molecule has 14 heavy (non-hydrogen) atoms. The largest absolute Gasteiger partial charge is 0.481 e. The molecule has 1 saturated carbocycles. The van der Waals surface area contributed by atoms with Crippen LogP contribution in [0, 0.1) is 11.8 Å². The monoisotopic (exact) mass is 200 g/mol. The lowest BCUT2D eigenvalue weighted by Crippen LogP contribution is -2.27.